The van der Waals surface area contributed by atoms with Gasteiger partial charge in [-0.2, -0.15) is 0 Å². The maximum Gasteiger partial charge on any atom is 0.263 e. The molecule has 0 amide bonds. The molecule has 0 aromatic carbocycles. The SMILES string of the molecule is C=C(/C=C\C(C)=C/CF)C(F)F. The second-order valence-electron chi connectivity index (χ2n) is 2.31. The standard InChI is InChI=1S/C9H11F3/c1-7(5-6-10)3-4-8(2)9(11)12/h3-5,9H,2,6H2,1H3/b4-3-,7-5-. The van der Waals surface area contributed by atoms with Gasteiger partial charge in [-0.25, -0.2) is 13.2 Å². The van der Waals surface area contributed by atoms with Crippen molar-refractivity contribution in [2.45, 2.75) is 13.3 Å². The molecule has 0 atom stereocenters. The van der Waals surface area contributed by atoms with E-state index in [1.54, 1.807) is 6.92 Å². The van der Waals surface area contributed by atoms with Gasteiger partial charge in [0.05, 0.1) is 0 Å². The lowest BCUT2D eigenvalue weighted by Gasteiger charge is -1.95. The third-order valence-electron chi connectivity index (χ3n) is 1.24. The third-order valence-corrected chi connectivity index (χ3v) is 1.24. The predicted molar refractivity (Wildman–Crippen MR) is 44.0 cm³/mol. The van der Waals surface area contributed by atoms with Crippen LogP contribution in [0.1, 0.15) is 6.92 Å². The first-order valence-corrected chi connectivity index (χ1v) is 3.45. The molecule has 0 saturated carbocycles. The molecule has 0 fully saturated rings. The molecular formula is C9H11F3. The lowest BCUT2D eigenvalue weighted by Crippen LogP contribution is -1.90. The molecule has 0 saturated heterocycles. The van der Waals surface area contributed by atoms with Gasteiger partial charge >= 0.3 is 0 Å². The van der Waals surface area contributed by atoms with Gasteiger partial charge in [0.25, 0.3) is 6.43 Å². The number of allylic oxidation sites excluding steroid dienone is 5. The topological polar surface area (TPSA) is 0 Å². The Morgan fingerprint density at radius 3 is 2.42 bits per heavy atom. The minimum Gasteiger partial charge on any atom is -0.247 e. The minimum atomic E-state index is -2.54. The predicted octanol–water partition coefficient (Wildman–Crippen LogP) is 3.28. The molecule has 0 spiro atoms. The highest BCUT2D eigenvalue weighted by molar-refractivity contribution is 5.25. The van der Waals surface area contributed by atoms with Crippen LogP contribution in [-0.2, 0) is 0 Å². The van der Waals surface area contributed by atoms with Crippen LogP contribution in [-0.4, -0.2) is 13.1 Å². The minimum absolute atomic E-state index is 0.262. The van der Waals surface area contributed by atoms with Gasteiger partial charge in [0.2, 0.25) is 0 Å². The lowest BCUT2D eigenvalue weighted by atomic mass is 10.2. The van der Waals surface area contributed by atoms with E-state index in [2.05, 4.69) is 6.58 Å². The third kappa shape index (κ3) is 4.77. The van der Waals surface area contributed by atoms with Crippen molar-refractivity contribution < 1.29 is 13.2 Å². The van der Waals surface area contributed by atoms with Gasteiger partial charge in [-0.3, -0.25) is 0 Å². The van der Waals surface area contributed by atoms with Crippen molar-refractivity contribution in [3.05, 3.63) is 36.0 Å². The Bertz CT molecular complexity index is 202. The van der Waals surface area contributed by atoms with E-state index in [1.807, 2.05) is 0 Å². The first-order valence-electron chi connectivity index (χ1n) is 3.45. The van der Waals surface area contributed by atoms with Crippen molar-refractivity contribution in [1.29, 1.82) is 0 Å². The normalized spacial score (nSPS) is 12.9. The summed E-state index contributed by atoms with van der Waals surface area (Å²) < 4.78 is 35.3. The highest BCUT2D eigenvalue weighted by atomic mass is 19.3. The molecule has 68 valence electrons. The second kappa shape index (κ2) is 5.63. The van der Waals surface area contributed by atoms with E-state index < -0.39 is 13.1 Å². The Balaban J connectivity index is 4.07. The first kappa shape index (κ1) is 11.0. The molecule has 0 radical (unpaired) electrons. The fourth-order valence-corrected chi connectivity index (χ4v) is 0.501. The van der Waals surface area contributed by atoms with Crippen LogP contribution < -0.4 is 0 Å². The number of hydrogen-bond donors (Lipinski definition) is 0. The number of alkyl halides is 3. The zero-order valence-electron chi connectivity index (χ0n) is 6.86. The van der Waals surface area contributed by atoms with Crippen molar-refractivity contribution in [3.8, 4) is 0 Å². The van der Waals surface area contributed by atoms with Gasteiger partial charge in [-0.15, -0.1) is 0 Å². The fourth-order valence-electron chi connectivity index (χ4n) is 0.501. The lowest BCUT2D eigenvalue weighted by molar-refractivity contribution is 0.194. The van der Waals surface area contributed by atoms with E-state index in [0.717, 1.165) is 0 Å². The van der Waals surface area contributed by atoms with E-state index >= 15 is 0 Å². The van der Waals surface area contributed by atoms with Crippen molar-refractivity contribution in [2.24, 2.45) is 0 Å². The summed E-state index contributed by atoms with van der Waals surface area (Å²) >= 11 is 0. The summed E-state index contributed by atoms with van der Waals surface area (Å²) in [5.74, 6) is 0. The summed E-state index contributed by atoms with van der Waals surface area (Å²) in [6, 6.07) is 0. The van der Waals surface area contributed by atoms with E-state index in [9.17, 15) is 13.2 Å². The monoisotopic (exact) mass is 176 g/mol. The Morgan fingerprint density at radius 2 is 2.00 bits per heavy atom. The Labute approximate surface area is 70.1 Å². The molecule has 0 aliphatic heterocycles. The van der Waals surface area contributed by atoms with E-state index in [1.165, 1.54) is 18.2 Å². The summed E-state index contributed by atoms with van der Waals surface area (Å²) in [7, 11) is 0. The van der Waals surface area contributed by atoms with Gasteiger partial charge in [-0.1, -0.05) is 30.4 Å². The quantitative estimate of drug-likeness (QED) is 0.576. The zero-order valence-corrected chi connectivity index (χ0v) is 6.86. The number of halogens is 3. The highest BCUT2D eigenvalue weighted by Crippen LogP contribution is 2.08. The summed E-state index contributed by atoms with van der Waals surface area (Å²) in [5.41, 5.74) is 0.348. The van der Waals surface area contributed by atoms with Gasteiger partial charge in [0.1, 0.15) is 6.67 Å². The Hall–Kier alpha value is -0.990. The molecule has 0 bridgehead atoms. The molecule has 0 nitrogen and oxygen atoms in total. The van der Waals surface area contributed by atoms with Crippen molar-refractivity contribution >= 4 is 0 Å². The first-order chi connectivity index (χ1) is 5.57. The Kier molecular flexibility index (Phi) is 5.17. The maximum atomic E-state index is 11.8. The average Bonchev–Trinajstić information content (AvgIpc) is 2.00. The Morgan fingerprint density at radius 1 is 1.42 bits per heavy atom. The molecular weight excluding hydrogens is 165 g/mol. The molecule has 3 heteroatoms. The maximum absolute atomic E-state index is 11.8. The van der Waals surface area contributed by atoms with Crippen LogP contribution in [0.25, 0.3) is 0 Å². The molecule has 0 heterocycles. The number of rotatable bonds is 4. The second-order valence-corrected chi connectivity index (χ2v) is 2.31. The van der Waals surface area contributed by atoms with Crippen LogP contribution in [0, 0.1) is 0 Å². The van der Waals surface area contributed by atoms with Crippen LogP contribution >= 0.6 is 0 Å². The molecule has 0 aliphatic carbocycles. The highest BCUT2D eigenvalue weighted by Gasteiger charge is 2.02. The summed E-state index contributed by atoms with van der Waals surface area (Å²) in [6.45, 7) is 4.18. The molecule has 12 heavy (non-hydrogen) atoms. The summed E-state index contributed by atoms with van der Waals surface area (Å²) in [4.78, 5) is 0. The van der Waals surface area contributed by atoms with Crippen molar-refractivity contribution in [3.63, 3.8) is 0 Å². The number of hydrogen-bond acceptors (Lipinski definition) is 0. The summed E-state index contributed by atoms with van der Waals surface area (Å²) in [6.07, 6.45) is 1.36. The molecule has 0 aliphatic rings. The molecule has 0 aromatic heterocycles. The van der Waals surface area contributed by atoms with Crippen LogP contribution in [0.15, 0.2) is 36.0 Å². The van der Waals surface area contributed by atoms with Gasteiger partial charge in [0.15, 0.2) is 0 Å². The van der Waals surface area contributed by atoms with Crippen LogP contribution in [0.2, 0.25) is 0 Å². The van der Waals surface area contributed by atoms with Gasteiger partial charge < -0.3 is 0 Å². The summed E-state index contributed by atoms with van der Waals surface area (Å²) in [5, 5.41) is 0. The average molecular weight is 176 g/mol. The van der Waals surface area contributed by atoms with Crippen molar-refractivity contribution in [1.82, 2.24) is 0 Å². The molecule has 0 rings (SSSR count). The van der Waals surface area contributed by atoms with Gasteiger partial charge in [0, 0.05) is 5.57 Å². The fraction of sp³-hybridized carbons (Fsp3) is 0.333. The van der Waals surface area contributed by atoms with Crippen LogP contribution in [0.3, 0.4) is 0 Å². The van der Waals surface area contributed by atoms with Gasteiger partial charge in [-0.05, 0) is 6.92 Å². The van der Waals surface area contributed by atoms with Crippen LogP contribution in [0.4, 0.5) is 13.2 Å². The largest absolute Gasteiger partial charge is 0.263 e. The molecule has 0 N–H and O–H groups in total. The van der Waals surface area contributed by atoms with Crippen LogP contribution in [0.5, 0.6) is 0 Å². The smallest absolute Gasteiger partial charge is 0.247 e. The van der Waals surface area contributed by atoms with E-state index in [0.29, 0.717) is 5.57 Å². The van der Waals surface area contributed by atoms with Crippen molar-refractivity contribution in [2.75, 3.05) is 6.67 Å². The molecule has 0 aromatic rings. The van der Waals surface area contributed by atoms with E-state index in [4.69, 9.17) is 0 Å². The zero-order chi connectivity index (χ0) is 9.56. The van der Waals surface area contributed by atoms with E-state index in [-0.39, 0.29) is 5.57 Å². The molecule has 0 unspecified atom stereocenters.